The second-order valence-electron chi connectivity index (χ2n) is 7.05. The van der Waals surface area contributed by atoms with Crippen molar-refractivity contribution in [3.8, 4) is 11.4 Å². The highest BCUT2D eigenvalue weighted by Crippen LogP contribution is 2.29. The maximum Gasteiger partial charge on any atom is 0.227 e. The largest absolute Gasteiger partial charge is 0.352 e. The first-order valence-corrected chi connectivity index (χ1v) is 8.90. The first-order chi connectivity index (χ1) is 12.0. The van der Waals surface area contributed by atoms with Crippen LogP contribution in [0.5, 0.6) is 0 Å². The Morgan fingerprint density at radius 3 is 2.76 bits per heavy atom. The minimum Gasteiger partial charge on any atom is -0.352 e. The Hall–Kier alpha value is -2.21. The van der Waals surface area contributed by atoms with E-state index in [1.807, 2.05) is 24.3 Å². The van der Waals surface area contributed by atoms with Gasteiger partial charge >= 0.3 is 0 Å². The molecule has 134 valence electrons. The summed E-state index contributed by atoms with van der Waals surface area (Å²) >= 11 is 0. The summed E-state index contributed by atoms with van der Waals surface area (Å²) < 4.78 is 5.00. The third-order valence-corrected chi connectivity index (χ3v) is 4.96. The zero-order chi connectivity index (χ0) is 17.9. The zero-order valence-corrected chi connectivity index (χ0v) is 15.2. The van der Waals surface area contributed by atoms with Gasteiger partial charge in [0.05, 0.1) is 5.41 Å². The molecule has 0 aliphatic carbocycles. The van der Waals surface area contributed by atoms with E-state index in [9.17, 15) is 4.79 Å². The minimum atomic E-state index is -0.295. The van der Waals surface area contributed by atoms with Crippen molar-refractivity contribution in [2.24, 2.45) is 5.41 Å². The molecule has 0 bridgehead atoms. The number of hydrogen-bond acceptors (Lipinski definition) is 5. The first kappa shape index (κ1) is 17.6. The van der Waals surface area contributed by atoms with Crippen LogP contribution in [0.25, 0.3) is 11.4 Å². The molecule has 2 heterocycles. The Balaban J connectivity index is 1.58. The molecule has 1 aliphatic heterocycles. The predicted octanol–water partition coefficient (Wildman–Crippen LogP) is 2.78. The third kappa shape index (κ3) is 4.07. The van der Waals surface area contributed by atoms with Gasteiger partial charge in [0.25, 0.3) is 0 Å². The number of amides is 1. The van der Waals surface area contributed by atoms with Crippen LogP contribution in [-0.4, -0.2) is 40.6 Å². The molecule has 0 spiro atoms. The van der Waals surface area contributed by atoms with E-state index in [0.29, 0.717) is 18.3 Å². The average molecular weight is 342 g/mol. The van der Waals surface area contributed by atoms with Gasteiger partial charge in [-0.2, -0.15) is 4.98 Å². The maximum atomic E-state index is 12.7. The molecule has 1 aliphatic rings. The number of carbonyl (C=O) groups excluding carboxylic acids is 1. The van der Waals surface area contributed by atoms with Crippen molar-refractivity contribution >= 4 is 5.91 Å². The highest BCUT2D eigenvalue weighted by molar-refractivity contribution is 5.82. The molecule has 1 amide bonds. The number of rotatable bonds is 5. The molecule has 1 atom stereocenters. The van der Waals surface area contributed by atoms with E-state index in [0.717, 1.165) is 43.6 Å². The molecule has 0 radical (unpaired) electrons. The second-order valence-corrected chi connectivity index (χ2v) is 7.05. The van der Waals surface area contributed by atoms with Crippen LogP contribution in [0.4, 0.5) is 0 Å². The monoisotopic (exact) mass is 342 g/mol. The molecule has 6 heteroatoms. The lowest BCUT2D eigenvalue weighted by molar-refractivity contribution is -0.133. The number of likely N-dealkylation sites (tertiary alicyclic amines) is 1. The van der Waals surface area contributed by atoms with Gasteiger partial charge in [0.15, 0.2) is 0 Å². The van der Waals surface area contributed by atoms with Crippen molar-refractivity contribution in [2.75, 3.05) is 19.6 Å². The molecule has 0 saturated carbocycles. The van der Waals surface area contributed by atoms with Crippen molar-refractivity contribution in [1.29, 1.82) is 0 Å². The smallest absolute Gasteiger partial charge is 0.227 e. The summed E-state index contributed by atoms with van der Waals surface area (Å²) in [5, 5.41) is 7.02. The minimum absolute atomic E-state index is 0.142. The number of benzene rings is 1. The second kappa shape index (κ2) is 7.35. The van der Waals surface area contributed by atoms with Crippen LogP contribution in [-0.2, 0) is 11.3 Å². The van der Waals surface area contributed by atoms with Crippen molar-refractivity contribution in [2.45, 2.75) is 40.2 Å². The van der Waals surface area contributed by atoms with E-state index in [1.54, 1.807) is 6.92 Å². The Morgan fingerprint density at radius 2 is 2.12 bits per heavy atom. The quantitative estimate of drug-likeness (QED) is 0.905. The van der Waals surface area contributed by atoms with Crippen LogP contribution in [0.3, 0.4) is 0 Å². The van der Waals surface area contributed by atoms with E-state index >= 15 is 0 Å². The standard InChI is InChI=1S/C19H26N4O2/c1-4-23-11-5-10-19(3,13-23)18(24)20-12-15-6-8-16(9-7-15)17-21-14(2)25-22-17/h6-9H,4-5,10-13H2,1-3H3,(H,20,24)/t19-/m0/s1. The highest BCUT2D eigenvalue weighted by Gasteiger charge is 2.37. The number of nitrogens with one attached hydrogen (secondary N) is 1. The van der Waals surface area contributed by atoms with E-state index in [1.165, 1.54) is 0 Å². The summed E-state index contributed by atoms with van der Waals surface area (Å²) in [7, 11) is 0. The van der Waals surface area contributed by atoms with E-state index in [4.69, 9.17) is 4.52 Å². The summed E-state index contributed by atoms with van der Waals surface area (Å²) in [6, 6.07) is 7.88. The van der Waals surface area contributed by atoms with Gasteiger partial charge in [-0.25, -0.2) is 0 Å². The first-order valence-electron chi connectivity index (χ1n) is 8.90. The molecule has 6 nitrogen and oxygen atoms in total. The van der Waals surface area contributed by atoms with Gasteiger partial charge in [-0.1, -0.05) is 36.3 Å². The van der Waals surface area contributed by atoms with Gasteiger partial charge in [-0.05, 0) is 38.4 Å². The lowest BCUT2D eigenvalue weighted by atomic mass is 9.81. The molecule has 0 unspecified atom stereocenters. The van der Waals surface area contributed by atoms with Crippen molar-refractivity contribution in [1.82, 2.24) is 20.4 Å². The highest BCUT2D eigenvalue weighted by atomic mass is 16.5. The molecule has 2 aromatic rings. The summed E-state index contributed by atoms with van der Waals surface area (Å²) in [6.07, 6.45) is 2.03. The summed E-state index contributed by atoms with van der Waals surface area (Å²) in [5.74, 6) is 1.28. The van der Waals surface area contributed by atoms with Crippen molar-refractivity contribution < 1.29 is 9.32 Å². The summed E-state index contributed by atoms with van der Waals surface area (Å²) in [5.41, 5.74) is 1.67. The van der Waals surface area contributed by atoms with E-state index in [2.05, 4.69) is 34.2 Å². The van der Waals surface area contributed by atoms with E-state index in [-0.39, 0.29) is 11.3 Å². The molecule has 1 N–H and O–H groups in total. The van der Waals surface area contributed by atoms with Gasteiger partial charge in [0, 0.05) is 25.6 Å². The molecule has 3 rings (SSSR count). The SMILES string of the molecule is CCN1CCC[C@](C)(C(=O)NCc2ccc(-c3noc(C)n3)cc2)C1. The maximum absolute atomic E-state index is 12.7. The Kier molecular flexibility index (Phi) is 5.18. The van der Waals surface area contributed by atoms with Crippen LogP contribution in [0.2, 0.25) is 0 Å². The number of nitrogens with zero attached hydrogens (tertiary/aromatic N) is 3. The van der Waals surface area contributed by atoms with Gasteiger partial charge in [-0.3, -0.25) is 4.79 Å². The predicted molar refractivity (Wildman–Crippen MR) is 95.8 cm³/mol. The molecular formula is C19H26N4O2. The van der Waals surface area contributed by atoms with Crippen molar-refractivity contribution in [3.63, 3.8) is 0 Å². The van der Waals surface area contributed by atoms with Gasteiger partial charge in [0.2, 0.25) is 17.6 Å². The topological polar surface area (TPSA) is 71.3 Å². The number of carbonyl (C=O) groups is 1. The fourth-order valence-electron chi connectivity index (χ4n) is 3.38. The number of hydrogen-bond donors (Lipinski definition) is 1. The molecule has 25 heavy (non-hydrogen) atoms. The van der Waals surface area contributed by atoms with Crippen LogP contribution in [0.1, 0.15) is 38.1 Å². The molecule has 1 aromatic heterocycles. The molecular weight excluding hydrogens is 316 g/mol. The molecule has 1 aromatic carbocycles. The van der Waals surface area contributed by atoms with Crippen LogP contribution in [0.15, 0.2) is 28.8 Å². The number of aromatic nitrogens is 2. The van der Waals surface area contributed by atoms with Gasteiger partial charge < -0.3 is 14.7 Å². The zero-order valence-electron chi connectivity index (χ0n) is 15.2. The third-order valence-electron chi connectivity index (χ3n) is 4.96. The Labute approximate surface area is 148 Å². The fourth-order valence-corrected chi connectivity index (χ4v) is 3.38. The van der Waals surface area contributed by atoms with Crippen molar-refractivity contribution in [3.05, 3.63) is 35.7 Å². The normalized spacial score (nSPS) is 21.2. The summed E-state index contributed by atoms with van der Waals surface area (Å²) in [6.45, 7) is 9.46. The number of aryl methyl sites for hydroxylation is 1. The Bertz CT molecular complexity index is 725. The van der Waals surface area contributed by atoms with Gasteiger partial charge in [-0.15, -0.1) is 0 Å². The lowest BCUT2D eigenvalue weighted by Crippen LogP contribution is -2.50. The van der Waals surface area contributed by atoms with E-state index < -0.39 is 0 Å². The van der Waals surface area contributed by atoms with Crippen LogP contribution in [0, 0.1) is 12.3 Å². The van der Waals surface area contributed by atoms with Crippen LogP contribution < -0.4 is 5.32 Å². The summed E-state index contributed by atoms with van der Waals surface area (Å²) in [4.78, 5) is 19.2. The lowest BCUT2D eigenvalue weighted by Gasteiger charge is -2.38. The fraction of sp³-hybridized carbons (Fsp3) is 0.526. The van der Waals surface area contributed by atoms with Crippen LogP contribution >= 0.6 is 0 Å². The van der Waals surface area contributed by atoms with Gasteiger partial charge in [0.1, 0.15) is 0 Å². The molecule has 1 fully saturated rings. The number of piperidine rings is 1. The Morgan fingerprint density at radius 1 is 1.36 bits per heavy atom. The average Bonchev–Trinajstić information content (AvgIpc) is 3.06. The molecule has 1 saturated heterocycles.